The molecule has 2 aliphatic carbocycles. The second kappa shape index (κ2) is 7.67. The minimum absolute atomic E-state index is 0.0264. The number of aliphatic hydroxyl groups is 1. The Morgan fingerprint density at radius 2 is 2.07 bits per heavy atom. The lowest BCUT2D eigenvalue weighted by molar-refractivity contribution is -0.0139. The van der Waals surface area contributed by atoms with Crippen LogP contribution in [0.4, 0.5) is 0 Å². The summed E-state index contributed by atoms with van der Waals surface area (Å²) in [7, 11) is 1.73. The predicted octanol–water partition coefficient (Wildman–Crippen LogP) is 5.75. The topological polar surface area (TPSA) is 29.5 Å². The molecule has 0 spiro atoms. The fourth-order valence-electron chi connectivity index (χ4n) is 5.91. The Bertz CT molecular complexity index is 743. The molecule has 1 fully saturated rings. The number of rotatable bonds is 5. The van der Waals surface area contributed by atoms with Gasteiger partial charge in [-0.25, -0.2) is 0 Å². The van der Waals surface area contributed by atoms with Crippen LogP contribution in [0.5, 0.6) is 5.75 Å². The van der Waals surface area contributed by atoms with E-state index in [0.717, 1.165) is 43.4 Å². The van der Waals surface area contributed by atoms with E-state index < -0.39 is 5.60 Å². The van der Waals surface area contributed by atoms with E-state index >= 15 is 0 Å². The molecule has 2 heteroatoms. The van der Waals surface area contributed by atoms with Gasteiger partial charge in [0.2, 0.25) is 0 Å². The molecule has 1 aromatic carbocycles. The molecule has 1 N–H and O–H groups in total. The van der Waals surface area contributed by atoms with Crippen molar-refractivity contribution < 1.29 is 9.84 Å². The van der Waals surface area contributed by atoms with E-state index in [0.29, 0.717) is 5.92 Å². The van der Waals surface area contributed by atoms with E-state index in [1.165, 1.54) is 17.5 Å². The molecule has 0 amide bonds. The molecule has 0 saturated heterocycles. The van der Waals surface area contributed by atoms with Gasteiger partial charge in [0.25, 0.3) is 0 Å². The van der Waals surface area contributed by atoms with Gasteiger partial charge in [0.1, 0.15) is 5.75 Å². The summed E-state index contributed by atoms with van der Waals surface area (Å²) in [6, 6.07) is 6.55. The van der Waals surface area contributed by atoms with Crippen LogP contribution in [-0.4, -0.2) is 17.8 Å². The van der Waals surface area contributed by atoms with Crippen LogP contribution in [0.1, 0.15) is 57.1 Å². The van der Waals surface area contributed by atoms with Crippen molar-refractivity contribution in [2.24, 2.45) is 11.8 Å². The highest BCUT2D eigenvalue weighted by atomic mass is 16.5. The fraction of sp³-hybridized carbons (Fsp3) is 0.520. The third-order valence-electron chi connectivity index (χ3n) is 7.20. The normalized spacial score (nSPS) is 33.4. The summed E-state index contributed by atoms with van der Waals surface area (Å²) in [5.74, 6) is 1.64. The van der Waals surface area contributed by atoms with Gasteiger partial charge >= 0.3 is 0 Å². The Morgan fingerprint density at radius 3 is 2.70 bits per heavy atom. The Balaban J connectivity index is 2.08. The van der Waals surface area contributed by atoms with Crippen molar-refractivity contribution in [1.82, 2.24) is 0 Å². The van der Waals surface area contributed by atoms with Crippen molar-refractivity contribution in [2.45, 2.75) is 63.4 Å². The average molecular weight is 367 g/mol. The smallest absolute Gasteiger partial charge is 0.119 e. The monoisotopic (exact) mass is 366 g/mol. The lowest BCUT2D eigenvalue weighted by Crippen LogP contribution is -2.45. The molecular formula is C25H34O2. The molecule has 2 nitrogen and oxygen atoms in total. The SMILES string of the molecule is C=C/C=C(\C=C)C1CCC2CCc3cc(OC)ccc3C2(CC)C[C@@]1(C)O. The summed E-state index contributed by atoms with van der Waals surface area (Å²) in [5.41, 5.74) is 3.18. The number of fused-ring (bicyclic) bond motifs is 3. The summed E-state index contributed by atoms with van der Waals surface area (Å²) in [6.07, 6.45) is 12.0. The molecule has 146 valence electrons. The first-order chi connectivity index (χ1) is 12.9. The Labute approximate surface area is 164 Å². The quantitative estimate of drug-likeness (QED) is 0.672. The molecular weight excluding hydrogens is 332 g/mol. The highest BCUT2D eigenvalue weighted by Crippen LogP contribution is 2.55. The molecule has 2 aliphatic rings. The van der Waals surface area contributed by atoms with Gasteiger partial charge in [-0.05, 0) is 80.2 Å². The van der Waals surface area contributed by atoms with Crippen molar-refractivity contribution in [3.05, 3.63) is 66.3 Å². The van der Waals surface area contributed by atoms with Crippen LogP contribution in [0.3, 0.4) is 0 Å². The Morgan fingerprint density at radius 1 is 1.30 bits per heavy atom. The van der Waals surface area contributed by atoms with Gasteiger partial charge in [-0.2, -0.15) is 0 Å². The minimum atomic E-state index is -0.775. The second-order valence-electron chi connectivity index (χ2n) is 8.54. The fourth-order valence-corrected chi connectivity index (χ4v) is 5.91. The highest BCUT2D eigenvalue weighted by Gasteiger charge is 2.51. The van der Waals surface area contributed by atoms with Crippen LogP contribution < -0.4 is 4.74 Å². The second-order valence-corrected chi connectivity index (χ2v) is 8.54. The first kappa shape index (κ1) is 19.9. The first-order valence-electron chi connectivity index (χ1n) is 10.3. The standard InChI is InChI=1S/C25H34O2/c1-6-9-18(7-2)22-14-12-20-11-10-19-16-21(27-5)13-15-23(19)25(20,8-3)17-24(22,4)26/h6-7,9,13,15-16,20,22,26H,1-2,8,10-12,14,17H2,3-5H3/b18-9+/t20?,22?,24-,25?/m1/s1. The van der Waals surface area contributed by atoms with Crippen molar-refractivity contribution in [3.63, 3.8) is 0 Å². The molecule has 3 unspecified atom stereocenters. The Hall–Kier alpha value is -1.80. The largest absolute Gasteiger partial charge is 0.497 e. The molecule has 0 aromatic heterocycles. The van der Waals surface area contributed by atoms with Crippen LogP contribution in [0.2, 0.25) is 0 Å². The number of hydrogen-bond donors (Lipinski definition) is 1. The molecule has 0 radical (unpaired) electrons. The van der Waals surface area contributed by atoms with E-state index in [1.807, 2.05) is 25.2 Å². The zero-order valence-electron chi connectivity index (χ0n) is 17.1. The summed E-state index contributed by atoms with van der Waals surface area (Å²) < 4.78 is 5.46. The van der Waals surface area contributed by atoms with Crippen molar-refractivity contribution in [3.8, 4) is 5.75 Å². The first-order valence-corrected chi connectivity index (χ1v) is 10.3. The van der Waals surface area contributed by atoms with Gasteiger partial charge in [0.05, 0.1) is 12.7 Å². The number of benzene rings is 1. The van der Waals surface area contributed by atoms with E-state index in [4.69, 9.17) is 4.74 Å². The molecule has 3 rings (SSSR count). The van der Waals surface area contributed by atoms with E-state index in [2.05, 4.69) is 38.3 Å². The van der Waals surface area contributed by atoms with Gasteiger partial charge in [0.15, 0.2) is 0 Å². The summed E-state index contributed by atoms with van der Waals surface area (Å²) in [4.78, 5) is 0. The Kier molecular flexibility index (Phi) is 5.67. The summed E-state index contributed by atoms with van der Waals surface area (Å²) >= 11 is 0. The lowest BCUT2D eigenvalue weighted by Gasteiger charge is -2.47. The van der Waals surface area contributed by atoms with E-state index in [1.54, 1.807) is 7.11 Å². The molecule has 27 heavy (non-hydrogen) atoms. The maximum atomic E-state index is 11.7. The van der Waals surface area contributed by atoms with Crippen LogP contribution in [0, 0.1) is 11.8 Å². The number of ether oxygens (including phenoxy) is 1. The van der Waals surface area contributed by atoms with Gasteiger partial charge in [-0.3, -0.25) is 0 Å². The van der Waals surface area contributed by atoms with Crippen LogP contribution in [0.15, 0.2) is 55.2 Å². The average Bonchev–Trinajstić information content (AvgIpc) is 2.79. The molecule has 4 atom stereocenters. The van der Waals surface area contributed by atoms with Crippen molar-refractivity contribution >= 4 is 0 Å². The van der Waals surface area contributed by atoms with Gasteiger partial charge in [-0.1, -0.05) is 44.4 Å². The maximum absolute atomic E-state index is 11.7. The highest BCUT2D eigenvalue weighted by molar-refractivity contribution is 5.44. The predicted molar refractivity (Wildman–Crippen MR) is 113 cm³/mol. The molecule has 0 bridgehead atoms. The van der Waals surface area contributed by atoms with Gasteiger partial charge in [0, 0.05) is 11.3 Å². The maximum Gasteiger partial charge on any atom is 0.119 e. The van der Waals surface area contributed by atoms with Crippen LogP contribution >= 0.6 is 0 Å². The van der Waals surface area contributed by atoms with Crippen molar-refractivity contribution in [1.29, 1.82) is 0 Å². The lowest BCUT2D eigenvalue weighted by atomic mass is 9.58. The summed E-state index contributed by atoms with van der Waals surface area (Å²) in [5, 5.41) is 11.7. The number of aryl methyl sites for hydroxylation is 1. The third-order valence-corrected chi connectivity index (χ3v) is 7.20. The van der Waals surface area contributed by atoms with Gasteiger partial charge < -0.3 is 9.84 Å². The van der Waals surface area contributed by atoms with E-state index in [-0.39, 0.29) is 11.3 Å². The molecule has 0 aliphatic heterocycles. The zero-order chi connectivity index (χ0) is 19.7. The number of hydrogen-bond acceptors (Lipinski definition) is 2. The molecule has 1 aromatic rings. The van der Waals surface area contributed by atoms with Crippen molar-refractivity contribution in [2.75, 3.05) is 7.11 Å². The number of allylic oxidation sites excluding steroid dienone is 3. The van der Waals surface area contributed by atoms with Crippen LogP contribution in [0.25, 0.3) is 0 Å². The van der Waals surface area contributed by atoms with Gasteiger partial charge in [-0.15, -0.1) is 0 Å². The van der Waals surface area contributed by atoms with Crippen LogP contribution in [-0.2, 0) is 11.8 Å². The molecule has 1 saturated carbocycles. The zero-order valence-corrected chi connectivity index (χ0v) is 17.1. The third kappa shape index (κ3) is 3.40. The minimum Gasteiger partial charge on any atom is -0.497 e. The van der Waals surface area contributed by atoms with E-state index in [9.17, 15) is 5.11 Å². The summed E-state index contributed by atoms with van der Waals surface area (Å²) in [6.45, 7) is 12.2. The molecule has 0 heterocycles. The number of methoxy groups -OCH3 is 1.